The van der Waals surface area contributed by atoms with E-state index in [1.54, 1.807) is 6.20 Å². The highest BCUT2D eigenvalue weighted by molar-refractivity contribution is 5.25. The van der Waals surface area contributed by atoms with Gasteiger partial charge in [-0.1, -0.05) is 6.92 Å². The van der Waals surface area contributed by atoms with Gasteiger partial charge in [0.05, 0.1) is 0 Å². The molecule has 1 aromatic heterocycles. The standard InChI is InChI=1S/C10H13N3/c1-2-4-12-8-9-3-5-13-10(6-9)7-11/h3,5-6,12H,2,4,8H2,1H3. The van der Waals surface area contributed by atoms with E-state index in [-0.39, 0.29) is 0 Å². The molecule has 0 aliphatic carbocycles. The molecule has 1 aromatic rings. The van der Waals surface area contributed by atoms with E-state index in [0.717, 1.165) is 25.1 Å². The monoisotopic (exact) mass is 175 g/mol. The van der Waals surface area contributed by atoms with Crippen LogP contribution in [0, 0.1) is 11.3 Å². The lowest BCUT2D eigenvalue weighted by molar-refractivity contribution is 0.675. The first-order chi connectivity index (χ1) is 6.36. The Kier molecular flexibility index (Phi) is 3.94. The summed E-state index contributed by atoms with van der Waals surface area (Å²) in [4.78, 5) is 3.90. The number of hydrogen-bond acceptors (Lipinski definition) is 3. The summed E-state index contributed by atoms with van der Waals surface area (Å²) in [5.41, 5.74) is 1.59. The molecule has 0 amide bonds. The highest BCUT2D eigenvalue weighted by atomic mass is 14.8. The minimum Gasteiger partial charge on any atom is -0.313 e. The molecule has 0 spiro atoms. The molecular weight excluding hydrogens is 162 g/mol. The molecule has 3 nitrogen and oxygen atoms in total. The van der Waals surface area contributed by atoms with E-state index >= 15 is 0 Å². The molecule has 1 N–H and O–H groups in total. The van der Waals surface area contributed by atoms with Crippen LogP contribution in [0.4, 0.5) is 0 Å². The fraction of sp³-hybridized carbons (Fsp3) is 0.400. The second-order valence-corrected chi connectivity index (χ2v) is 2.84. The molecule has 0 aromatic carbocycles. The Hall–Kier alpha value is -1.40. The van der Waals surface area contributed by atoms with Crippen LogP contribution in [0.1, 0.15) is 24.6 Å². The fourth-order valence-corrected chi connectivity index (χ4v) is 1.05. The van der Waals surface area contributed by atoms with E-state index in [1.165, 1.54) is 0 Å². The summed E-state index contributed by atoms with van der Waals surface area (Å²) in [5.74, 6) is 0. The number of rotatable bonds is 4. The van der Waals surface area contributed by atoms with Crippen molar-refractivity contribution in [1.29, 1.82) is 5.26 Å². The van der Waals surface area contributed by atoms with E-state index in [2.05, 4.69) is 17.2 Å². The molecule has 0 aliphatic rings. The molecule has 0 atom stereocenters. The summed E-state index contributed by atoms with van der Waals surface area (Å²) >= 11 is 0. The third kappa shape index (κ3) is 3.22. The van der Waals surface area contributed by atoms with Crippen LogP contribution in [-0.4, -0.2) is 11.5 Å². The molecule has 0 unspecified atom stereocenters. The molecule has 68 valence electrons. The van der Waals surface area contributed by atoms with E-state index in [1.807, 2.05) is 18.2 Å². The van der Waals surface area contributed by atoms with Gasteiger partial charge in [0.2, 0.25) is 0 Å². The maximum absolute atomic E-state index is 8.60. The minimum absolute atomic E-state index is 0.482. The Bertz CT molecular complexity index is 301. The molecule has 1 rings (SSSR count). The van der Waals surface area contributed by atoms with Crippen LogP contribution in [0.3, 0.4) is 0 Å². The van der Waals surface area contributed by atoms with Crippen molar-refractivity contribution in [3.8, 4) is 6.07 Å². The first-order valence-corrected chi connectivity index (χ1v) is 4.42. The average Bonchev–Trinajstić information content (AvgIpc) is 2.19. The number of nitrogens with zero attached hydrogens (tertiary/aromatic N) is 2. The molecule has 0 aliphatic heterocycles. The van der Waals surface area contributed by atoms with Crippen molar-refractivity contribution in [1.82, 2.24) is 10.3 Å². The lowest BCUT2D eigenvalue weighted by Crippen LogP contribution is -2.13. The Morgan fingerprint density at radius 2 is 2.46 bits per heavy atom. The maximum Gasteiger partial charge on any atom is 0.140 e. The zero-order valence-corrected chi connectivity index (χ0v) is 7.75. The van der Waals surface area contributed by atoms with E-state index in [9.17, 15) is 0 Å². The second kappa shape index (κ2) is 5.28. The first kappa shape index (κ1) is 9.69. The molecule has 0 fully saturated rings. The van der Waals surface area contributed by atoms with E-state index in [0.29, 0.717) is 5.69 Å². The molecule has 0 saturated heterocycles. The van der Waals surface area contributed by atoms with Crippen molar-refractivity contribution in [3.63, 3.8) is 0 Å². The molecular formula is C10H13N3. The van der Waals surface area contributed by atoms with Gasteiger partial charge in [-0.05, 0) is 30.7 Å². The summed E-state index contributed by atoms with van der Waals surface area (Å²) < 4.78 is 0. The molecule has 0 radical (unpaired) electrons. The largest absolute Gasteiger partial charge is 0.313 e. The predicted molar refractivity (Wildman–Crippen MR) is 50.9 cm³/mol. The zero-order chi connectivity index (χ0) is 9.52. The van der Waals surface area contributed by atoms with Crippen molar-refractivity contribution in [3.05, 3.63) is 29.6 Å². The summed E-state index contributed by atoms with van der Waals surface area (Å²) in [6.07, 6.45) is 2.79. The van der Waals surface area contributed by atoms with Gasteiger partial charge in [0.1, 0.15) is 11.8 Å². The fourth-order valence-electron chi connectivity index (χ4n) is 1.05. The van der Waals surface area contributed by atoms with Crippen LogP contribution in [-0.2, 0) is 6.54 Å². The lowest BCUT2D eigenvalue weighted by atomic mass is 10.2. The normalized spacial score (nSPS) is 9.54. The van der Waals surface area contributed by atoms with Gasteiger partial charge >= 0.3 is 0 Å². The number of hydrogen-bond donors (Lipinski definition) is 1. The Morgan fingerprint density at radius 1 is 1.62 bits per heavy atom. The van der Waals surface area contributed by atoms with Gasteiger partial charge in [-0.15, -0.1) is 0 Å². The number of nitriles is 1. The van der Waals surface area contributed by atoms with Crippen molar-refractivity contribution in [2.75, 3.05) is 6.54 Å². The Balaban J connectivity index is 2.52. The van der Waals surface area contributed by atoms with Crippen LogP contribution in [0.25, 0.3) is 0 Å². The quantitative estimate of drug-likeness (QED) is 0.705. The Labute approximate surface area is 78.4 Å². The SMILES string of the molecule is CCCNCc1ccnc(C#N)c1. The van der Waals surface area contributed by atoms with Gasteiger partial charge in [0, 0.05) is 12.7 Å². The predicted octanol–water partition coefficient (Wildman–Crippen LogP) is 1.45. The summed E-state index contributed by atoms with van der Waals surface area (Å²) in [6.45, 7) is 3.94. The van der Waals surface area contributed by atoms with Crippen LogP contribution in [0.2, 0.25) is 0 Å². The highest BCUT2D eigenvalue weighted by Gasteiger charge is 1.94. The van der Waals surface area contributed by atoms with Gasteiger partial charge < -0.3 is 5.32 Å². The summed E-state index contributed by atoms with van der Waals surface area (Å²) in [5, 5.41) is 11.9. The van der Waals surface area contributed by atoms with Crippen LogP contribution >= 0.6 is 0 Å². The molecule has 1 heterocycles. The Morgan fingerprint density at radius 3 is 3.15 bits per heavy atom. The van der Waals surface area contributed by atoms with Gasteiger partial charge in [0.15, 0.2) is 0 Å². The molecule has 0 saturated carbocycles. The average molecular weight is 175 g/mol. The maximum atomic E-state index is 8.60. The summed E-state index contributed by atoms with van der Waals surface area (Å²) in [7, 11) is 0. The van der Waals surface area contributed by atoms with Gasteiger partial charge in [0.25, 0.3) is 0 Å². The smallest absolute Gasteiger partial charge is 0.140 e. The second-order valence-electron chi connectivity index (χ2n) is 2.84. The molecule has 3 heteroatoms. The first-order valence-electron chi connectivity index (χ1n) is 4.42. The van der Waals surface area contributed by atoms with Crippen molar-refractivity contribution in [2.24, 2.45) is 0 Å². The lowest BCUT2D eigenvalue weighted by Gasteiger charge is -2.02. The van der Waals surface area contributed by atoms with Crippen molar-refractivity contribution in [2.45, 2.75) is 19.9 Å². The highest BCUT2D eigenvalue weighted by Crippen LogP contribution is 1.99. The number of pyridine rings is 1. The zero-order valence-electron chi connectivity index (χ0n) is 7.75. The third-order valence-corrected chi connectivity index (χ3v) is 1.69. The number of nitrogens with one attached hydrogen (secondary N) is 1. The van der Waals surface area contributed by atoms with Gasteiger partial charge in [-0.25, -0.2) is 4.98 Å². The topological polar surface area (TPSA) is 48.7 Å². The van der Waals surface area contributed by atoms with Crippen LogP contribution in [0.5, 0.6) is 0 Å². The van der Waals surface area contributed by atoms with E-state index in [4.69, 9.17) is 5.26 Å². The van der Waals surface area contributed by atoms with Crippen LogP contribution in [0.15, 0.2) is 18.3 Å². The van der Waals surface area contributed by atoms with Gasteiger partial charge in [-0.3, -0.25) is 0 Å². The van der Waals surface area contributed by atoms with Crippen molar-refractivity contribution < 1.29 is 0 Å². The van der Waals surface area contributed by atoms with Gasteiger partial charge in [-0.2, -0.15) is 5.26 Å². The summed E-state index contributed by atoms with van der Waals surface area (Å²) in [6, 6.07) is 5.75. The molecule has 13 heavy (non-hydrogen) atoms. The third-order valence-electron chi connectivity index (χ3n) is 1.69. The number of aromatic nitrogens is 1. The molecule has 0 bridgehead atoms. The van der Waals surface area contributed by atoms with Crippen molar-refractivity contribution >= 4 is 0 Å². The minimum atomic E-state index is 0.482. The van der Waals surface area contributed by atoms with E-state index < -0.39 is 0 Å². The van der Waals surface area contributed by atoms with Crippen LogP contribution < -0.4 is 5.32 Å².